The van der Waals surface area contributed by atoms with Gasteiger partial charge in [0, 0.05) is 37.9 Å². The highest BCUT2D eigenvalue weighted by Crippen LogP contribution is 2.17. The van der Waals surface area contributed by atoms with Gasteiger partial charge in [-0.25, -0.2) is 0 Å². The third kappa shape index (κ3) is 2.48. The number of aromatic nitrogens is 2. The molecule has 0 spiro atoms. The Labute approximate surface area is 100 Å². The maximum absolute atomic E-state index is 10.8. The first-order valence-electron chi connectivity index (χ1n) is 5.67. The first kappa shape index (κ1) is 12.1. The summed E-state index contributed by atoms with van der Waals surface area (Å²) < 4.78 is 1.82. The van der Waals surface area contributed by atoms with E-state index < -0.39 is 5.97 Å². The second-order valence-corrected chi connectivity index (χ2v) is 4.69. The molecule has 0 saturated carbocycles. The van der Waals surface area contributed by atoms with Crippen LogP contribution in [0.3, 0.4) is 0 Å². The standard InChI is InChI=1S/C11H18N4O2/c1-8-9(5-14-15(8)2)4-13-11(3-10(16)17)6-12-7-11/h5,12-13H,3-4,6-7H2,1-2H3,(H,16,17). The molecule has 1 aromatic heterocycles. The molecule has 1 aromatic rings. The average Bonchev–Trinajstić information content (AvgIpc) is 2.52. The van der Waals surface area contributed by atoms with Crippen LogP contribution in [0.4, 0.5) is 0 Å². The molecule has 0 atom stereocenters. The summed E-state index contributed by atoms with van der Waals surface area (Å²) >= 11 is 0. The monoisotopic (exact) mass is 238 g/mol. The van der Waals surface area contributed by atoms with Crippen molar-refractivity contribution < 1.29 is 9.90 Å². The highest BCUT2D eigenvalue weighted by molar-refractivity contribution is 5.68. The molecule has 6 nitrogen and oxygen atoms in total. The molecule has 2 heterocycles. The van der Waals surface area contributed by atoms with Crippen LogP contribution in [0.25, 0.3) is 0 Å². The average molecular weight is 238 g/mol. The fourth-order valence-corrected chi connectivity index (χ4v) is 2.03. The van der Waals surface area contributed by atoms with E-state index in [2.05, 4.69) is 15.7 Å². The number of nitrogens with zero attached hydrogens (tertiary/aromatic N) is 2. The summed E-state index contributed by atoms with van der Waals surface area (Å²) in [6.07, 6.45) is 1.97. The molecule has 0 aliphatic carbocycles. The number of aliphatic carboxylic acids is 1. The van der Waals surface area contributed by atoms with E-state index in [0.717, 1.165) is 11.3 Å². The molecule has 0 aromatic carbocycles. The van der Waals surface area contributed by atoms with Gasteiger partial charge in [-0.2, -0.15) is 5.10 Å². The largest absolute Gasteiger partial charge is 0.481 e. The van der Waals surface area contributed by atoms with E-state index in [1.165, 1.54) is 0 Å². The molecular weight excluding hydrogens is 220 g/mol. The van der Waals surface area contributed by atoms with Gasteiger partial charge in [-0.05, 0) is 6.92 Å². The van der Waals surface area contributed by atoms with Gasteiger partial charge in [-0.1, -0.05) is 0 Å². The van der Waals surface area contributed by atoms with Gasteiger partial charge in [0.1, 0.15) is 0 Å². The molecule has 0 radical (unpaired) electrons. The zero-order valence-electron chi connectivity index (χ0n) is 10.2. The first-order valence-corrected chi connectivity index (χ1v) is 5.67. The van der Waals surface area contributed by atoms with Crippen molar-refractivity contribution in [1.29, 1.82) is 0 Å². The SMILES string of the molecule is Cc1c(CNC2(CC(=O)O)CNC2)cnn1C. The number of rotatable bonds is 5. The fourth-order valence-electron chi connectivity index (χ4n) is 2.03. The minimum atomic E-state index is -0.762. The van der Waals surface area contributed by atoms with Crippen molar-refractivity contribution in [1.82, 2.24) is 20.4 Å². The van der Waals surface area contributed by atoms with Crippen LogP contribution in [0.1, 0.15) is 17.7 Å². The van der Waals surface area contributed by atoms with E-state index in [4.69, 9.17) is 5.11 Å². The minimum Gasteiger partial charge on any atom is -0.481 e. The summed E-state index contributed by atoms with van der Waals surface area (Å²) in [6, 6.07) is 0. The molecule has 1 saturated heterocycles. The third-order valence-electron chi connectivity index (χ3n) is 3.41. The zero-order valence-corrected chi connectivity index (χ0v) is 10.2. The van der Waals surface area contributed by atoms with Crippen LogP contribution in [-0.4, -0.2) is 39.5 Å². The maximum atomic E-state index is 10.8. The minimum absolute atomic E-state index is 0.152. The van der Waals surface area contributed by atoms with Crippen molar-refractivity contribution in [2.24, 2.45) is 7.05 Å². The van der Waals surface area contributed by atoms with E-state index in [1.807, 2.05) is 24.9 Å². The van der Waals surface area contributed by atoms with Crippen molar-refractivity contribution >= 4 is 5.97 Å². The molecule has 3 N–H and O–H groups in total. The predicted octanol–water partition coefficient (Wildman–Crippen LogP) is -0.365. The lowest BCUT2D eigenvalue weighted by Crippen LogP contribution is -2.68. The van der Waals surface area contributed by atoms with Gasteiger partial charge >= 0.3 is 5.97 Å². The molecular formula is C11H18N4O2. The number of aryl methyl sites for hydroxylation is 1. The smallest absolute Gasteiger partial charge is 0.305 e. The van der Waals surface area contributed by atoms with E-state index in [-0.39, 0.29) is 12.0 Å². The quantitative estimate of drug-likeness (QED) is 0.652. The molecule has 6 heteroatoms. The molecule has 2 rings (SSSR count). The summed E-state index contributed by atoms with van der Waals surface area (Å²) in [6.45, 7) is 4.08. The molecule has 1 aliphatic heterocycles. The molecule has 1 aliphatic rings. The number of carbonyl (C=O) groups is 1. The Morgan fingerprint density at radius 1 is 1.71 bits per heavy atom. The van der Waals surface area contributed by atoms with Crippen LogP contribution in [0, 0.1) is 6.92 Å². The van der Waals surface area contributed by atoms with Crippen LogP contribution in [0.15, 0.2) is 6.20 Å². The van der Waals surface area contributed by atoms with E-state index in [0.29, 0.717) is 19.6 Å². The van der Waals surface area contributed by atoms with Gasteiger partial charge in [-0.15, -0.1) is 0 Å². The van der Waals surface area contributed by atoms with Gasteiger partial charge in [-0.3, -0.25) is 9.48 Å². The van der Waals surface area contributed by atoms with Crippen LogP contribution in [0.5, 0.6) is 0 Å². The lowest BCUT2D eigenvalue weighted by molar-refractivity contribution is -0.139. The van der Waals surface area contributed by atoms with Gasteiger partial charge in [0.15, 0.2) is 0 Å². The molecule has 0 amide bonds. The Balaban J connectivity index is 1.96. The summed E-state index contributed by atoms with van der Waals surface area (Å²) in [7, 11) is 1.90. The highest BCUT2D eigenvalue weighted by atomic mass is 16.4. The third-order valence-corrected chi connectivity index (χ3v) is 3.41. The Bertz CT molecular complexity index is 423. The number of hydrogen-bond acceptors (Lipinski definition) is 4. The van der Waals surface area contributed by atoms with Gasteiger partial charge < -0.3 is 15.7 Å². The lowest BCUT2D eigenvalue weighted by Gasteiger charge is -2.42. The van der Waals surface area contributed by atoms with Crippen molar-refractivity contribution in [3.63, 3.8) is 0 Å². The molecule has 17 heavy (non-hydrogen) atoms. The number of carboxylic acid groups (broad SMARTS) is 1. The van der Waals surface area contributed by atoms with Gasteiger partial charge in [0.2, 0.25) is 0 Å². The number of hydrogen-bond donors (Lipinski definition) is 3. The number of nitrogens with one attached hydrogen (secondary N) is 2. The van der Waals surface area contributed by atoms with Crippen LogP contribution < -0.4 is 10.6 Å². The summed E-state index contributed by atoms with van der Waals surface area (Å²) in [5.41, 5.74) is 1.92. The highest BCUT2D eigenvalue weighted by Gasteiger charge is 2.38. The van der Waals surface area contributed by atoms with Gasteiger partial charge in [0.25, 0.3) is 0 Å². The first-order chi connectivity index (χ1) is 8.02. The van der Waals surface area contributed by atoms with Gasteiger partial charge in [0.05, 0.1) is 18.2 Å². The van der Waals surface area contributed by atoms with Crippen LogP contribution in [-0.2, 0) is 18.4 Å². The van der Waals surface area contributed by atoms with E-state index in [9.17, 15) is 4.79 Å². The molecule has 0 bridgehead atoms. The summed E-state index contributed by atoms with van der Waals surface area (Å²) in [4.78, 5) is 10.8. The number of carboxylic acids is 1. The van der Waals surface area contributed by atoms with Crippen molar-refractivity contribution in [2.75, 3.05) is 13.1 Å². The molecule has 94 valence electrons. The zero-order chi connectivity index (χ0) is 12.5. The molecule has 1 fully saturated rings. The normalized spacial score (nSPS) is 17.8. The van der Waals surface area contributed by atoms with Crippen molar-refractivity contribution in [3.05, 3.63) is 17.5 Å². The second-order valence-electron chi connectivity index (χ2n) is 4.69. The van der Waals surface area contributed by atoms with Crippen LogP contribution in [0.2, 0.25) is 0 Å². The lowest BCUT2D eigenvalue weighted by atomic mass is 9.88. The van der Waals surface area contributed by atoms with Crippen LogP contribution >= 0.6 is 0 Å². The summed E-state index contributed by atoms with van der Waals surface area (Å²) in [5.74, 6) is -0.762. The fraction of sp³-hybridized carbons (Fsp3) is 0.636. The predicted molar refractivity (Wildman–Crippen MR) is 62.6 cm³/mol. The maximum Gasteiger partial charge on any atom is 0.305 e. The van der Waals surface area contributed by atoms with Crippen molar-refractivity contribution in [3.8, 4) is 0 Å². The summed E-state index contributed by atoms with van der Waals surface area (Å²) in [5, 5.41) is 19.5. The second kappa shape index (κ2) is 4.46. The van der Waals surface area contributed by atoms with E-state index >= 15 is 0 Å². The Morgan fingerprint density at radius 2 is 2.41 bits per heavy atom. The van der Waals surface area contributed by atoms with Crippen molar-refractivity contribution in [2.45, 2.75) is 25.4 Å². The Morgan fingerprint density at radius 3 is 2.82 bits per heavy atom. The topological polar surface area (TPSA) is 79.2 Å². The van der Waals surface area contributed by atoms with E-state index in [1.54, 1.807) is 0 Å². The molecule has 0 unspecified atom stereocenters. The Hall–Kier alpha value is -1.40. The Kier molecular flexibility index (Phi) is 3.17.